The van der Waals surface area contributed by atoms with Gasteiger partial charge < -0.3 is 20.8 Å². The van der Waals surface area contributed by atoms with Crippen LogP contribution in [0.15, 0.2) is 24.3 Å². The van der Waals surface area contributed by atoms with Crippen LogP contribution in [0.3, 0.4) is 0 Å². The highest BCUT2D eigenvalue weighted by molar-refractivity contribution is 6.05. The van der Waals surface area contributed by atoms with Crippen molar-refractivity contribution in [3.8, 4) is 0 Å². The third kappa shape index (κ3) is 3.79. The quantitative estimate of drug-likeness (QED) is 0.660. The Labute approximate surface area is 117 Å². The predicted octanol–water partition coefficient (Wildman–Crippen LogP) is 0.915. The van der Waals surface area contributed by atoms with E-state index in [1.165, 1.54) is 0 Å². The van der Waals surface area contributed by atoms with Gasteiger partial charge in [-0.2, -0.15) is 0 Å². The molecule has 4 N–H and O–H groups in total. The third-order valence-electron chi connectivity index (χ3n) is 2.76. The van der Waals surface area contributed by atoms with Crippen LogP contribution in [0.1, 0.15) is 26.3 Å². The average Bonchev–Trinajstić information content (AvgIpc) is 2.60. The van der Waals surface area contributed by atoms with Crippen molar-refractivity contribution < 1.29 is 19.8 Å². The van der Waals surface area contributed by atoms with Crippen LogP contribution in [-0.4, -0.2) is 34.7 Å². The largest absolute Gasteiger partial charge is 0.481 e. The molecule has 1 aromatic rings. The van der Waals surface area contributed by atoms with Crippen molar-refractivity contribution in [2.45, 2.75) is 32.4 Å². The number of rotatable bonds is 3. The Morgan fingerprint density at radius 2 is 1.95 bits per heavy atom. The lowest BCUT2D eigenvalue weighted by Crippen LogP contribution is -2.45. The highest BCUT2D eigenvalue weighted by Gasteiger charge is 2.44. The first-order chi connectivity index (χ1) is 9.27. The summed E-state index contributed by atoms with van der Waals surface area (Å²) in [6.45, 7) is 5.26. The van der Waals surface area contributed by atoms with Gasteiger partial charge in [0.15, 0.2) is 5.60 Å². The van der Waals surface area contributed by atoms with E-state index in [1.54, 1.807) is 12.1 Å². The number of amides is 1. The van der Waals surface area contributed by atoms with E-state index in [9.17, 15) is 9.90 Å². The van der Waals surface area contributed by atoms with E-state index in [0.29, 0.717) is 11.3 Å². The fraction of sp³-hybridized carbons (Fsp3) is 0.429. The lowest BCUT2D eigenvalue weighted by molar-refractivity contribution is -0.134. The number of carboxylic acid groups (broad SMARTS) is 1. The van der Waals surface area contributed by atoms with Crippen LogP contribution in [0.5, 0.6) is 0 Å². The molecule has 1 unspecified atom stereocenters. The van der Waals surface area contributed by atoms with Crippen molar-refractivity contribution in [2.75, 3.05) is 11.9 Å². The summed E-state index contributed by atoms with van der Waals surface area (Å²) in [5, 5.41) is 23.6. The number of hydrogen-bond donors (Lipinski definition) is 4. The van der Waals surface area contributed by atoms with Crippen molar-refractivity contribution >= 4 is 17.6 Å². The molecule has 20 heavy (non-hydrogen) atoms. The predicted molar refractivity (Wildman–Crippen MR) is 75.4 cm³/mol. The van der Waals surface area contributed by atoms with Crippen molar-refractivity contribution in [1.82, 2.24) is 5.32 Å². The highest BCUT2D eigenvalue weighted by Crippen LogP contribution is 2.35. The molecular weight excluding hydrogens is 260 g/mol. The van der Waals surface area contributed by atoms with E-state index in [0.717, 1.165) is 6.92 Å². The number of aliphatic hydroxyl groups is 1. The number of benzene rings is 1. The first-order valence-corrected chi connectivity index (χ1v) is 6.33. The molecule has 2 rings (SSSR count). The molecule has 1 atom stereocenters. The second-order valence-corrected chi connectivity index (χ2v) is 4.91. The Morgan fingerprint density at radius 3 is 2.50 bits per heavy atom. The molecule has 1 aliphatic rings. The van der Waals surface area contributed by atoms with Gasteiger partial charge in [0.25, 0.3) is 11.9 Å². The normalized spacial score (nSPS) is 19.9. The number of fused-ring (bicyclic) bond motifs is 1. The third-order valence-corrected chi connectivity index (χ3v) is 2.76. The number of anilines is 1. The van der Waals surface area contributed by atoms with E-state index >= 15 is 0 Å². The summed E-state index contributed by atoms with van der Waals surface area (Å²) < 4.78 is 0. The Kier molecular flexibility index (Phi) is 5.24. The molecule has 110 valence electrons. The zero-order valence-electron chi connectivity index (χ0n) is 11.8. The van der Waals surface area contributed by atoms with Gasteiger partial charge in [-0.1, -0.05) is 32.0 Å². The number of aliphatic carboxylic acids is 1. The molecule has 0 aromatic heterocycles. The smallest absolute Gasteiger partial charge is 0.300 e. The lowest BCUT2D eigenvalue weighted by Gasteiger charge is -2.22. The van der Waals surface area contributed by atoms with Gasteiger partial charge in [-0.3, -0.25) is 9.59 Å². The SMILES string of the molecule is CC(=O)O.CC(C)NCC1(O)C(=O)Nc2ccccc21. The van der Waals surface area contributed by atoms with E-state index < -0.39 is 11.6 Å². The average molecular weight is 280 g/mol. The number of carbonyl (C=O) groups is 2. The first-order valence-electron chi connectivity index (χ1n) is 6.33. The van der Waals surface area contributed by atoms with Crippen LogP contribution < -0.4 is 10.6 Å². The van der Waals surface area contributed by atoms with Gasteiger partial charge in [0.1, 0.15) is 0 Å². The number of para-hydroxylation sites is 1. The molecule has 1 amide bonds. The van der Waals surface area contributed by atoms with Crippen molar-refractivity contribution in [1.29, 1.82) is 0 Å². The van der Waals surface area contributed by atoms with E-state index in [4.69, 9.17) is 9.90 Å². The fourth-order valence-electron chi connectivity index (χ4n) is 1.83. The summed E-state index contributed by atoms with van der Waals surface area (Å²) in [5.74, 6) is -1.19. The molecule has 0 fully saturated rings. The Balaban J connectivity index is 0.000000444. The number of nitrogens with one attached hydrogen (secondary N) is 2. The molecule has 0 radical (unpaired) electrons. The molecule has 0 saturated heterocycles. The van der Waals surface area contributed by atoms with Gasteiger partial charge in [-0.25, -0.2) is 0 Å². The standard InChI is InChI=1S/C12H16N2O2.C2H4O2/c1-8(2)13-7-12(16)9-5-3-4-6-10(9)14-11(12)15;1-2(3)4/h3-6,8,13,16H,7H2,1-2H3,(H,14,15);1H3,(H,3,4). The zero-order chi connectivity index (χ0) is 15.3. The Morgan fingerprint density at radius 1 is 1.40 bits per heavy atom. The Bertz CT molecular complexity index is 498. The van der Waals surface area contributed by atoms with Crippen LogP contribution in [-0.2, 0) is 15.2 Å². The summed E-state index contributed by atoms with van der Waals surface area (Å²) >= 11 is 0. The van der Waals surface area contributed by atoms with Crippen molar-refractivity contribution in [3.63, 3.8) is 0 Å². The van der Waals surface area contributed by atoms with Gasteiger partial charge in [0.05, 0.1) is 0 Å². The maximum absolute atomic E-state index is 11.8. The minimum atomic E-state index is -1.44. The first kappa shape index (κ1) is 16.1. The van der Waals surface area contributed by atoms with Gasteiger partial charge >= 0.3 is 0 Å². The van der Waals surface area contributed by atoms with E-state index in [-0.39, 0.29) is 18.5 Å². The van der Waals surface area contributed by atoms with Crippen LogP contribution in [0, 0.1) is 0 Å². The minimum Gasteiger partial charge on any atom is -0.481 e. The fourth-order valence-corrected chi connectivity index (χ4v) is 1.83. The molecule has 1 heterocycles. The van der Waals surface area contributed by atoms with Crippen LogP contribution in [0.4, 0.5) is 5.69 Å². The summed E-state index contributed by atoms with van der Waals surface area (Å²) in [7, 11) is 0. The summed E-state index contributed by atoms with van der Waals surface area (Å²) in [6.07, 6.45) is 0. The molecule has 0 bridgehead atoms. The van der Waals surface area contributed by atoms with Crippen molar-refractivity contribution in [3.05, 3.63) is 29.8 Å². The van der Waals surface area contributed by atoms with Gasteiger partial charge in [0.2, 0.25) is 0 Å². The molecule has 6 nitrogen and oxygen atoms in total. The van der Waals surface area contributed by atoms with Gasteiger partial charge in [-0.05, 0) is 6.07 Å². The summed E-state index contributed by atoms with van der Waals surface area (Å²) in [5.41, 5.74) is -0.102. The topological polar surface area (TPSA) is 98.7 Å². The van der Waals surface area contributed by atoms with Crippen molar-refractivity contribution in [2.24, 2.45) is 0 Å². The molecular formula is C14H20N2O4. The van der Waals surface area contributed by atoms with Crippen LogP contribution in [0.25, 0.3) is 0 Å². The molecule has 6 heteroatoms. The molecule has 0 saturated carbocycles. The second kappa shape index (κ2) is 6.49. The molecule has 1 aromatic carbocycles. The number of carbonyl (C=O) groups excluding carboxylic acids is 1. The second-order valence-electron chi connectivity index (χ2n) is 4.91. The van der Waals surface area contributed by atoms with Crippen LogP contribution >= 0.6 is 0 Å². The van der Waals surface area contributed by atoms with Gasteiger partial charge in [-0.15, -0.1) is 0 Å². The Hall–Kier alpha value is -1.92. The minimum absolute atomic E-state index is 0.226. The maximum atomic E-state index is 11.8. The van der Waals surface area contributed by atoms with Crippen LogP contribution in [0.2, 0.25) is 0 Å². The lowest BCUT2D eigenvalue weighted by atomic mass is 9.95. The van der Waals surface area contributed by atoms with Gasteiger partial charge in [0, 0.05) is 30.8 Å². The monoisotopic (exact) mass is 280 g/mol. The summed E-state index contributed by atoms with van der Waals surface area (Å²) in [6, 6.07) is 7.44. The highest BCUT2D eigenvalue weighted by atomic mass is 16.4. The van der Waals surface area contributed by atoms with E-state index in [2.05, 4.69) is 10.6 Å². The number of carboxylic acids is 1. The zero-order valence-corrected chi connectivity index (χ0v) is 11.8. The summed E-state index contributed by atoms with van der Waals surface area (Å²) in [4.78, 5) is 20.8. The molecule has 1 aliphatic heterocycles. The maximum Gasteiger partial charge on any atom is 0.300 e. The van der Waals surface area contributed by atoms with E-state index in [1.807, 2.05) is 26.0 Å². The number of hydrogen-bond acceptors (Lipinski definition) is 4. The molecule has 0 spiro atoms. The molecule has 0 aliphatic carbocycles.